The van der Waals surface area contributed by atoms with Crippen LogP contribution in [-0.2, 0) is 14.3 Å². The molecular formula is C21H27N3O3S. The van der Waals surface area contributed by atoms with Crippen LogP contribution >= 0.6 is 11.3 Å². The fourth-order valence-corrected chi connectivity index (χ4v) is 5.13. The Balaban J connectivity index is 1.36. The van der Waals surface area contributed by atoms with Crippen LogP contribution in [0.1, 0.15) is 24.1 Å². The maximum atomic E-state index is 12.6. The van der Waals surface area contributed by atoms with Crippen molar-refractivity contribution >= 4 is 22.4 Å². The zero-order valence-electron chi connectivity index (χ0n) is 16.4. The van der Waals surface area contributed by atoms with Crippen LogP contribution in [0.4, 0.5) is 5.13 Å². The van der Waals surface area contributed by atoms with E-state index in [1.165, 1.54) is 11.3 Å². The molecule has 3 heterocycles. The summed E-state index contributed by atoms with van der Waals surface area (Å²) < 4.78 is 11.7. The molecule has 0 radical (unpaired) electrons. The van der Waals surface area contributed by atoms with Gasteiger partial charge in [-0.1, -0.05) is 30.3 Å². The van der Waals surface area contributed by atoms with Crippen LogP contribution in [0, 0.1) is 6.92 Å². The number of likely N-dealkylation sites (tertiary alicyclic amines) is 1. The first-order valence-electron chi connectivity index (χ1n) is 9.81. The van der Waals surface area contributed by atoms with Crippen molar-refractivity contribution in [3.05, 3.63) is 35.2 Å². The number of hydrogen-bond acceptors (Lipinski definition) is 6. The Morgan fingerprint density at radius 2 is 2.21 bits per heavy atom. The molecule has 0 unspecified atom stereocenters. The normalized spacial score (nSPS) is 25.3. The molecule has 1 aromatic heterocycles. The number of aryl methyl sites for hydroxylation is 1. The van der Waals surface area contributed by atoms with Crippen LogP contribution in [0.5, 0.6) is 0 Å². The summed E-state index contributed by atoms with van der Waals surface area (Å²) in [5, 5.41) is 3.62. The molecule has 2 atom stereocenters. The Kier molecular flexibility index (Phi) is 5.78. The number of thiazole rings is 1. The van der Waals surface area contributed by atoms with Crippen LogP contribution in [-0.4, -0.2) is 60.8 Å². The van der Waals surface area contributed by atoms with Gasteiger partial charge in [0.05, 0.1) is 23.9 Å². The van der Waals surface area contributed by atoms with Gasteiger partial charge in [0.2, 0.25) is 5.91 Å². The third-order valence-corrected chi connectivity index (χ3v) is 6.62. The van der Waals surface area contributed by atoms with Gasteiger partial charge in [-0.05, 0) is 26.2 Å². The molecule has 2 fully saturated rings. The van der Waals surface area contributed by atoms with Crippen LogP contribution in [0.2, 0.25) is 0 Å². The van der Waals surface area contributed by atoms with Gasteiger partial charge >= 0.3 is 0 Å². The van der Waals surface area contributed by atoms with Gasteiger partial charge in [-0.3, -0.25) is 9.69 Å². The first kappa shape index (κ1) is 19.5. The van der Waals surface area contributed by atoms with Crippen molar-refractivity contribution in [3.63, 3.8) is 0 Å². The van der Waals surface area contributed by atoms with E-state index in [0.29, 0.717) is 11.7 Å². The number of aromatic nitrogens is 1. The van der Waals surface area contributed by atoms with Crippen molar-refractivity contribution in [1.29, 1.82) is 0 Å². The lowest BCUT2D eigenvalue weighted by Gasteiger charge is -2.44. The lowest BCUT2D eigenvalue weighted by Crippen LogP contribution is -2.57. The number of benzene rings is 1. The molecule has 1 aromatic carbocycles. The van der Waals surface area contributed by atoms with Crippen molar-refractivity contribution in [2.45, 2.75) is 37.9 Å². The SMILES string of the molecule is CO[C@H]1CN(CC(=O)Nc2nc(-c3ccccc3)c(C)s2)CC[C@]12CCCO2. The van der Waals surface area contributed by atoms with Gasteiger partial charge < -0.3 is 14.8 Å². The van der Waals surface area contributed by atoms with E-state index in [-0.39, 0.29) is 17.6 Å². The lowest BCUT2D eigenvalue weighted by molar-refractivity contribution is -0.145. The first-order valence-corrected chi connectivity index (χ1v) is 10.6. The molecule has 150 valence electrons. The standard InChI is InChI=1S/C21H27N3O3S/c1-15-19(16-7-4-3-5-8-16)23-20(28-15)22-18(25)14-24-11-10-21(9-6-12-27-21)17(13-24)26-2/h3-5,7-8,17H,6,9-14H2,1-2H3,(H,22,23,25)/t17-,21+/m0/s1. The average molecular weight is 402 g/mol. The number of amides is 1. The largest absolute Gasteiger partial charge is 0.377 e. The Hall–Kier alpha value is -1.80. The summed E-state index contributed by atoms with van der Waals surface area (Å²) in [5.74, 6) is -0.0356. The molecule has 6 nitrogen and oxygen atoms in total. The van der Waals surface area contributed by atoms with Gasteiger partial charge in [0.15, 0.2) is 5.13 Å². The zero-order chi connectivity index (χ0) is 19.6. The highest BCUT2D eigenvalue weighted by Crippen LogP contribution is 2.37. The maximum Gasteiger partial charge on any atom is 0.240 e. The topological polar surface area (TPSA) is 63.7 Å². The number of anilines is 1. The van der Waals surface area contributed by atoms with E-state index in [0.717, 1.165) is 55.1 Å². The van der Waals surface area contributed by atoms with E-state index >= 15 is 0 Å². The van der Waals surface area contributed by atoms with E-state index in [9.17, 15) is 4.79 Å². The monoisotopic (exact) mass is 401 g/mol. The number of carbonyl (C=O) groups is 1. The minimum atomic E-state index is -0.154. The molecule has 7 heteroatoms. The highest BCUT2D eigenvalue weighted by Gasteiger charge is 2.46. The van der Waals surface area contributed by atoms with Crippen LogP contribution in [0.3, 0.4) is 0 Å². The number of carbonyl (C=O) groups excluding carboxylic acids is 1. The number of hydrogen-bond donors (Lipinski definition) is 1. The summed E-state index contributed by atoms with van der Waals surface area (Å²) in [6, 6.07) is 10.0. The number of piperidine rings is 1. The molecule has 1 N–H and O–H groups in total. The molecule has 28 heavy (non-hydrogen) atoms. The number of ether oxygens (including phenoxy) is 2. The highest BCUT2D eigenvalue weighted by atomic mass is 32.1. The quantitative estimate of drug-likeness (QED) is 0.833. The minimum absolute atomic E-state index is 0.0170. The van der Waals surface area contributed by atoms with Crippen molar-refractivity contribution in [2.24, 2.45) is 0 Å². The molecule has 1 spiro atoms. The second kappa shape index (κ2) is 8.29. The van der Waals surface area contributed by atoms with Crippen molar-refractivity contribution in [3.8, 4) is 11.3 Å². The minimum Gasteiger partial charge on any atom is -0.377 e. The summed E-state index contributed by atoms with van der Waals surface area (Å²) in [4.78, 5) is 20.5. The fourth-order valence-electron chi connectivity index (χ4n) is 4.28. The summed E-state index contributed by atoms with van der Waals surface area (Å²) in [7, 11) is 1.74. The Morgan fingerprint density at radius 1 is 1.39 bits per heavy atom. The zero-order valence-corrected chi connectivity index (χ0v) is 17.3. The maximum absolute atomic E-state index is 12.6. The van der Waals surface area contributed by atoms with Gasteiger partial charge in [-0.25, -0.2) is 4.98 Å². The van der Waals surface area contributed by atoms with Crippen molar-refractivity contribution < 1.29 is 14.3 Å². The fraction of sp³-hybridized carbons (Fsp3) is 0.524. The van der Waals surface area contributed by atoms with Gasteiger partial charge in [0, 0.05) is 37.2 Å². The van der Waals surface area contributed by atoms with Crippen molar-refractivity contribution in [2.75, 3.05) is 38.7 Å². The lowest BCUT2D eigenvalue weighted by atomic mass is 9.86. The smallest absolute Gasteiger partial charge is 0.240 e. The van der Waals surface area contributed by atoms with E-state index in [1.54, 1.807) is 7.11 Å². The second-order valence-corrected chi connectivity index (χ2v) is 8.77. The number of nitrogens with zero attached hydrogens (tertiary/aromatic N) is 2. The third kappa shape index (κ3) is 3.98. The summed E-state index contributed by atoms with van der Waals surface area (Å²) in [6.07, 6.45) is 3.07. The predicted octanol–water partition coefficient (Wildman–Crippen LogP) is 3.33. The molecule has 4 rings (SSSR count). The van der Waals surface area contributed by atoms with E-state index in [1.807, 2.05) is 37.3 Å². The Bertz CT molecular complexity index is 818. The van der Waals surface area contributed by atoms with E-state index in [4.69, 9.17) is 9.47 Å². The predicted molar refractivity (Wildman–Crippen MR) is 111 cm³/mol. The number of nitrogens with one attached hydrogen (secondary N) is 1. The molecule has 2 aromatic rings. The number of rotatable bonds is 5. The molecule has 2 aliphatic heterocycles. The van der Waals surface area contributed by atoms with E-state index in [2.05, 4.69) is 15.2 Å². The van der Waals surface area contributed by atoms with Crippen LogP contribution in [0.15, 0.2) is 30.3 Å². The second-order valence-electron chi connectivity index (χ2n) is 7.56. The number of methoxy groups -OCH3 is 1. The highest BCUT2D eigenvalue weighted by molar-refractivity contribution is 7.16. The molecule has 0 bridgehead atoms. The molecule has 2 saturated heterocycles. The van der Waals surface area contributed by atoms with Crippen LogP contribution in [0.25, 0.3) is 11.3 Å². The van der Waals surface area contributed by atoms with Crippen molar-refractivity contribution in [1.82, 2.24) is 9.88 Å². The van der Waals surface area contributed by atoms with Gasteiger partial charge in [0.1, 0.15) is 0 Å². The summed E-state index contributed by atoms with van der Waals surface area (Å²) >= 11 is 1.51. The van der Waals surface area contributed by atoms with Gasteiger partial charge in [0.25, 0.3) is 0 Å². The Morgan fingerprint density at radius 3 is 2.93 bits per heavy atom. The molecule has 0 saturated carbocycles. The first-order chi connectivity index (χ1) is 13.6. The van der Waals surface area contributed by atoms with Gasteiger partial charge in [-0.15, -0.1) is 11.3 Å². The van der Waals surface area contributed by atoms with Crippen LogP contribution < -0.4 is 5.32 Å². The van der Waals surface area contributed by atoms with Gasteiger partial charge in [-0.2, -0.15) is 0 Å². The Labute approximate surface area is 169 Å². The molecular weight excluding hydrogens is 374 g/mol. The van der Waals surface area contributed by atoms with E-state index < -0.39 is 0 Å². The average Bonchev–Trinajstić information content (AvgIpc) is 3.31. The molecule has 2 aliphatic rings. The molecule has 1 amide bonds. The molecule has 0 aliphatic carbocycles. The summed E-state index contributed by atoms with van der Waals surface area (Å²) in [6.45, 7) is 4.75. The summed E-state index contributed by atoms with van der Waals surface area (Å²) in [5.41, 5.74) is 1.84. The third-order valence-electron chi connectivity index (χ3n) is 5.74.